The molecule has 3 rings (SSSR count). The van der Waals surface area contributed by atoms with Gasteiger partial charge in [-0.2, -0.15) is 0 Å². The third-order valence-corrected chi connectivity index (χ3v) is 4.27. The number of nitrogen functional groups attached to an aromatic ring is 1. The molecule has 1 aromatic rings. The lowest BCUT2D eigenvalue weighted by Gasteiger charge is -2.45. The summed E-state index contributed by atoms with van der Waals surface area (Å²) >= 11 is 0. The summed E-state index contributed by atoms with van der Waals surface area (Å²) in [5, 5.41) is 7.69. The highest BCUT2D eigenvalue weighted by Gasteiger charge is 2.29. The van der Waals surface area contributed by atoms with Crippen molar-refractivity contribution in [1.82, 2.24) is 9.88 Å². The van der Waals surface area contributed by atoms with E-state index in [2.05, 4.69) is 14.8 Å². The molecule has 0 bridgehead atoms. The minimum atomic E-state index is 0.128. The fourth-order valence-corrected chi connectivity index (χ4v) is 3.24. The van der Waals surface area contributed by atoms with Crippen LogP contribution in [0.1, 0.15) is 24.8 Å². The molecule has 0 aromatic carbocycles. The van der Waals surface area contributed by atoms with E-state index in [0.29, 0.717) is 6.04 Å². The molecule has 5 heteroatoms. The number of rotatable bonds is 2. The Labute approximate surface area is 113 Å². The number of anilines is 1. The number of nitrogens with one attached hydrogen (secondary N) is 1. The van der Waals surface area contributed by atoms with Crippen LogP contribution in [0, 0.1) is 5.41 Å². The van der Waals surface area contributed by atoms with E-state index in [1.54, 1.807) is 6.20 Å². The molecule has 0 saturated carbocycles. The molecule has 2 aliphatic heterocycles. The summed E-state index contributed by atoms with van der Waals surface area (Å²) in [6, 6.07) is 2.49. The van der Waals surface area contributed by atoms with E-state index < -0.39 is 0 Å². The van der Waals surface area contributed by atoms with Crippen LogP contribution >= 0.6 is 0 Å². The predicted octanol–water partition coefficient (Wildman–Crippen LogP) is 1.04. The lowest BCUT2D eigenvalue weighted by atomic mass is 9.99. The Morgan fingerprint density at radius 3 is 3.05 bits per heavy atom. The van der Waals surface area contributed by atoms with Gasteiger partial charge in [0, 0.05) is 37.4 Å². The molecule has 0 aliphatic carbocycles. The monoisotopic (exact) mass is 259 g/mol. The highest BCUT2D eigenvalue weighted by Crippen LogP contribution is 2.26. The van der Waals surface area contributed by atoms with Crippen LogP contribution in [0.25, 0.3) is 0 Å². The topological polar surface area (TPSA) is 69.2 Å². The van der Waals surface area contributed by atoms with E-state index in [-0.39, 0.29) is 5.84 Å². The molecule has 2 saturated heterocycles. The quantitative estimate of drug-likeness (QED) is 0.615. The van der Waals surface area contributed by atoms with Crippen LogP contribution < -0.4 is 10.6 Å². The van der Waals surface area contributed by atoms with E-state index >= 15 is 0 Å². The number of piperidine rings is 1. The van der Waals surface area contributed by atoms with Crippen LogP contribution in [-0.2, 0) is 0 Å². The van der Waals surface area contributed by atoms with Crippen molar-refractivity contribution in [3.05, 3.63) is 24.0 Å². The van der Waals surface area contributed by atoms with Crippen LogP contribution in [-0.4, -0.2) is 47.9 Å². The van der Waals surface area contributed by atoms with E-state index in [1.807, 2.05) is 12.3 Å². The van der Waals surface area contributed by atoms with Crippen LogP contribution in [0.4, 0.5) is 5.69 Å². The predicted molar refractivity (Wildman–Crippen MR) is 76.7 cm³/mol. The number of aromatic nitrogens is 1. The first kappa shape index (κ1) is 12.4. The number of pyridine rings is 1. The van der Waals surface area contributed by atoms with Gasteiger partial charge in [-0.1, -0.05) is 6.42 Å². The standard InChI is InChI=1S/C14H21N5/c15-14(16)12-4-5-17-9-13(12)19-8-7-18-6-2-1-3-11(18)10-19/h4-5,9,11H,1-3,6-8,10H2,(H3,15,16). The Kier molecular flexibility index (Phi) is 3.38. The van der Waals surface area contributed by atoms with Crippen molar-refractivity contribution in [3.8, 4) is 0 Å². The van der Waals surface area contributed by atoms with Gasteiger partial charge in [0.25, 0.3) is 0 Å². The Bertz CT molecular complexity index is 473. The summed E-state index contributed by atoms with van der Waals surface area (Å²) in [4.78, 5) is 9.14. The zero-order valence-corrected chi connectivity index (χ0v) is 11.2. The molecule has 0 spiro atoms. The van der Waals surface area contributed by atoms with Gasteiger partial charge in [0.2, 0.25) is 0 Å². The summed E-state index contributed by atoms with van der Waals surface area (Å²) in [5.41, 5.74) is 7.49. The van der Waals surface area contributed by atoms with Crippen molar-refractivity contribution in [2.45, 2.75) is 25.3 Å². The minimum Gasteiger partial charge on any atom is -0.384 e. The van der Waals surface area contributed by atoms with E-state index in [0.717, 1.165) is 30.9 Å². The average molecular weight is 259 g/mol. The van der Waals surface area contributed by atoms with Gasteiger partial charge in [-0.25, -0.2) is 0 Å². The number of fused-ring (bicyclic) bond motifs is 1. The largest absolute Gasteiger partial charge is 0.384 e. The molecular formula is C14H21N5. The SMILES string of the molecule is N=C(N)c1ccncc1N1CCN2CCCCC2C1. The summed E-state index contributed by atoms with van der Waals surface area (Å²) in [5.74, 6) is 0.128. The van der Waals surface area contributed by atoms with Gasteiger partial charge < -0.3 is 10.6 Å². The summed E-state index contributed by atoms with van der Waals surface area (Å²) in [7, 11) is 0. The maximum absolute atomic E-state index is 7.69. The maximum atomic E-state index is 7.69. The Morgan fingerprint density at radius 1 is 1.32 bits per heavy atom. The van der Waals surface area contributed by atoms with E-state index in [9.17, 15) is 0 Å². The van der Waals surface area contributed by atoms with Crippen molar-refractivity contribution in [2.24, 2.45) is 5.73 Å². The zero-order chi connectivity index (χ0) is 13.2. The van der Waals surface area contributed by atoms with Crippen LogP contribution in [0.15, 0.2) is 18.5 Å². The Morgan fingerprint density at radius 2 is 2.21 bits per heavy atom. The summed E-state index contributed by atoms with van der Waals surface area (Å²) in [6.07, 6.45) is 7.50. The molecule has 2 fully saturated rings. The molecule has 0 amide bonds. The molecule has 0 radical (unpaired) electrons. The highest BCUT2D eigenvalue weighted by molar-refractivity contribution is 6.00. The number of amidine groups is 1. The molecule has 3 heterocycles. The third kappa shape index (κ3) is 2.42. The smallest absolute Gasteiger partial charge is 0.125 e. The fraction of sp³-hybridized carbons (Fsp3) is 0.571. The second-order valence-corrected chi connectivity index (χ2v) is 5.44. The van der Waals surface area contributed by atoms with Crippen LogP contribution in [0.5, 0.6) is 0 Å². The highest BCUT2D eigenvalue weighted by atomic mass is 15.3. The lowest BCUT2D eigenvalue weighted by molar-refractivity contribution is 0.133. The molecule has 1 atom stereocenters. The van der Waals surface area contributed by atoms with Gasteiger partial charge in [0.15, 0.2) is 0 Å². The van der Waals surface area contributed by atoms with Gasteiger partial charge in [-0.3, -0.25) is 15.3 Å². The minimum absolute atomic E-state index is 0.128. The van der Waals surface area contributed by atoms with Gasteiger partial charge in [-0.05, 0) is 25.5 Å². The summed E-state index contributed by atoms with van der Waals surface area (Å²) < 4.78 is 0. The van der Waals surface area contributed by atoms with Gasteiger partial charge >= 0.3 is 0 Å². The summed E-state index contributed by atoms with van der Waals surface area (Å²) in [6.45, 7) is 4.39. The molecule has 2 aliphatic rings. The Balaban J connectivity index is 1.81. The number of hydrogen-bond acceptors (Lipinski definition) is 4. The molecule has 3 N–H and O–H groups in total. The zero-order valence-electron chi connectivity index (χ0n) is 11.2. The Hall–Kier alpha value is -1.62. The number of nitrogens with zero attached hydrogens (tertiary/aromatic N) is 3. The average Bonchev–Trinajstić information content (AvgIpc) is 2.46. The van der Waals surface area contributed by atoms with Gasteiger partial charge in [0.05, 0.1) is 11.9 Å². The van der Waals surface area contributed by atoms with Gasteiger partial charge in [-0.15, -0.1) is 0 Å². The van der Waals surface area contributed by atoms with Crippen molar-refractivity contribution in [3.63, 3.8) is 0 Å². The van der Waals surface area contributed by atoms with Gasteiger partial charge in [0.1, 0.15) is 5.84 Å². The number of piperazine rings is 1. The van der Waals surface area contributed by atoms with Crippen molar-refractivity contribution >= 4 is 11.5 Å². The van der Waals surface area contributed by atoms with Crippen molar-refractivity contribution < 1.29 is 0 Å². The van der Waals surface area contributed by atoms with Crippen LogP contribution in [0.2, 0.25) is 0 Å². The maximum Gasteiger partial charge on any atom is 0.125 e. The number of hydrogen-bond donors (Lipinski definition) is 2. The lowest BCUT2D eigenvalue weighted by Crippen LogP contribution is -2.55. The molecule has 19 heavy (non-hydrogen) atoms. The van der Waals surface area contributed by atoms with Crippen LogP contribution in [0.3, 0.4) is 0 Å². The first-order chi connectivity index (χ1) is 9.25. The normalized spacial score (nSPS) is 24.0. The first-order valence-electron chi connectivity index (χ1n) is 7.03. The number of nitrogens with two attached hydrogens (primary N) is 1. The fourth-order valence-electron chi connectivity index (χ4n) is 3.24. The molecule has 1 unspecified atom stereocenters. The second-order valence-electron chi connectivity index (χ2n) is 5.44. The molecule has 5 nitrogen and oxygen atoms in total. The molecule has 102 valence electrons. The molecule has 1 aromatic heterocycles. The second kappa shape index (κ2) is 5.17. The third-order valence-electron chi connectivity index (χ3n) is 4.27. The van der Waals surface area contributed by atoms with Crippen molar-refractivity contribution in [1.29, 1.82) is 5.41 Å². The van der Waals surface area contributed by atoms with Crippen molar-refractivity contribution in [2.75, 3.05) is 31.1 Å². The first-order valence-corrected chi connectivity index (χ1v) is 7.03. The van der Waals surface area contributed by atoms with E-state index in [1.165, 1.54) is 25.8 Å². The molecular weight excluding hydrogens is 238 g/mol. The van der Waals surface area contributed by atoms with E-state index in [4.69, 9.17) is 11.1 Å².